The van der Waals surface area contributed by atoms with Gasteiger partial charge in [0, 0.05) is 34.6 Å². The van der Waals surface area contributed by atoms with E-state index in [1.165, 1.54) is 24.3 Å². The zero-order valence-electron chi connectivity index (χ0n) is 19.2. The van der Waals surface area contributed by atoms with Gasteiger partial charge in [-0.1, -0.05) is 47.5 Å². The molecule has 190 valence electrons. The summed E-state index contributed by atoms with van der Waals surface area (Å²) in [4.78, 5) is 45.8. The lowest BCUT2D eigenvalue weighted by atomic mass is 10.0. The van der Waals surface area contributed by atoms with E-state index in [4.69, 9.17) is 23.2 Å². The van der Waals surface area contributed by atoms with Gasteiger partial charge in [0.1, 0.15) is 10.0 Å². The van der Waals surface area contributed by atoms with Crippen LogP contribution in [-0.2, 0) is 0 Å². The van der Waals surface area contributed by atoms with Crippen molar-refractivity contribution in [2.45, 2.75) is 0 Å². The Morgan fingerprint density at radius 3 is 1.24 bits per heavy atom. The van der Waals surface area contributed by atoms with Gasteiger partial charge >= 0.3 is 0 Å². The first-order valence-corrected chi connectivity index (χ1v) is 11.6. The summed E-state index contributed by atoms with van der Waals surface area (Å²) < 4.78 is 0. The highest BCUT2D eigenvalue weighted by Gasteiger charge is 2.18. The maximum atomic E-state index is 12.5. The van der Waals surface area contributed by atoms with Crippen molar-refractivity contribution < 1.29 is 19.4 Å². The molecule has 0 radical (unpaired) electrons. The van der Waals surface area contributed by atoms with E-state index in [2.05, 4.69) is 10.6 Å². The lowest BCUT2D eigenvalue weighted by molar-refractivity contribution is -0.384. The predicted molar refractivity (Wildman–Crippen MR) is 144 cm³/mol. The predicted octanol–water partition coefficient (Wildman–Crippen LogP) is 6.98. The molecule has 0 aromatic heterocycles. The SMILES string of the molecule is O=C(Nc1ccc(-c2ccc(NC(=O)c3ccc(Cl)c([N+](=O)[O-])c3)cc2)cc1)c1ccc(Cl)c([N+](=O)[O-])c1. The number of hydrogen-bond acceptors (Lipinski definition) is 6. The van der Waals surface area contributed by atoms with Gasteiger partial charge in [-0.25, -0.2) is 0 Å². The lowest BCUT2D eigenvalue weighted by Crippen LogP contribution is -2.12. The van der Waals surface area contributed by atoms with Gasteiger partial charge in [-0.2, -0.15) is 0 Å². The van der Waals surface area contributed by atoms with Crippen molar-refractivity contribution in [3.63, 3.8) is 0 Å². The van der Waals surface area contributed by atoms with Gasteiger partial charge in [-0.15, -0.1) is 0 Å². The summed E-state index contributed by atoms with van der Waals surface area (Å²) in [7, 11) is 0. The number of hydrogen-bond donors (Lipinski definition) is 2. The maximum absolute atomic E-state index is 12.5. The second-order valence-electron chi connectivity index (χ2n) is 7.91. The summed E-state index contributed by atoms with van der Waals surface area (Å²) in [6, 6.07) is 21.4. The molecule has 0 heterocycles. The van der Waals surface area contributed by atoms with Crippen LogP contribution in [0.5, 0.6) is 0 Å². The van der Waals surface area contributed by atoms with E-state index in [0.29, 0.717) is 11.4 Å². The molecular formula is C26H16Cl2N4O6. The molecule has 0 fully saturated rings. The number of nitrogens with one attached hydrogen (secondary N) is 2. The first-order chi connectivity index (χ1) is 18.1. The highest BCUT2D eigenvalue weighted by atomic mass is 35.5. The fraction of sp³-hybridized carbons (Fsp3) is 0. The minimum absolute atomic E-state index is 0.0598. The molecule has 4 rings (SSSR count). The molecule has 10 nitrogen and oxygen atoms in total. The third kappa shape index (κ3) is 5.94. The third-order valence-electron chi connectivity index (χ3n) is 5.43. The smallest absolute Gasteiger partial charge is 0.288 e. The Bertz CT molecular complexity index is 1460. The summed E-state index contributed by atoms with van der Waals surface area (Å²) in [6.07, 6.45) is 0. The number of nitrogens with zero attached hydrogens (tertiary/aromatic N) is 2. The number of carbonyl (C=O) groups is 2. The van der Waals surface area contributed by atoms with Crippen molar-refractivity contribution in [3.05, 3.63) is 126 Å². The monoisotopic (exact) mass is 550 g/mol. The number of nitro benzene ring substituents is 2. The number of nitro groups is 2. The van der Waals surface area contributed by atoms with Crippen LogP contribution < -0.4 is 10.6 Å². The Morgan fingerprint density at radius 1 is 0.579 bits per heavy atom. The van der Waals surface area contributed by atoms with Crippen molar-refractivity contribution in [1.29, 1.82) is 0 Å². The molecule has 4 aromatic rings. The Morgan fingerprint density at radius 2 is 0.921 bits per heavy atom. The van der Waals surface area contributed by atoms with Crippen molar-refractivity contribution >= 4 is 57.8 Å². The van der Waals surface area contributed by atoms with Crippen LogP contribution in [0, 0.1) is 20.2 Å². The number of amides is 2. The highest BCUT2D eigenvalue weighted by Crippen LogP contribution is 2.28. The summed E-state index contributed by atoms with van der Waals surface area (Å²) in [5, 5.41) is 27.3. The van der Waals surface area contributed by atoms with Gasteiger partial charge in [0.05, 0.1) is 9.85 Å². The number of carbonyl (C=O) groups excluding carboxylic acids is 2. The van der Waals surface area contributed by atoms with E-state index in [0.717, 1.165) is 23.3 Å². The minimum atomic E-state index is -0.658. The molecule has 0 atom stereocenters. The van der Waals surface area contributed by atoms with Gasteiger partial charge in [-0.3, -0.25) is 29.8 Å². The van der Waals surface area contributed by atoms with E-state index in [9.17, 15) is 29.8 Å². The van der Waals surface area contributed by atoms with Crippen molar-refractivity contribution in [2.75, 3.05) is 10.6 Å². The van der Waals surface area contributed by atoms with E-state index in [-0.39, 0.29) is 32.5 Å². The molecule has 12 heteroatoms. The molecule has 2 N–H and O–H groups in total. The van der Waals surface area contributed by atoms with Crippen LogP contribution in [0.3, 0.4) is 0 Å². The van der Waals surface area contributed by atoms with E-state index >= 15 is 0 Å². The van der Waals surface area contributed by atoms with E-state index in [1.807, 2.05) is 0 Å². The number of halogens is 2. The lowest BCUT2D eigenvalue weighted by Gasteiger charge is -2.09. The third-order valence-corrected chi connectivity index (χ3v) is 6.07. The standard InChI is InChI=1S/C26H16Cl2N4O6/c27-21-11-5-17(13-23(21)31(35)36)25(33)29-19-7-1-15(2-8-19)16-3-9-20(10-4-16)30-26(34)18-6-12-22(28)24(14-18)32(37)38/h1-14H,(H,29,33)(H,30,34). The van der Waals surface area contributed by atoms with Crippen LogP contribution in [-0.4, -0.2) is 21.7 Å². The van der Waals surface area contributed by atoms with Gasteiger partial charge in [0.2, 0.25) is 0 Å². The summed E-state index contributed by atoms with van der Waals surface area (Å²) in [5.41, 5.74) is 2.10. The molecule has 0 aliphatic heterocycles. The van der Waals surface area contributed by atoms with Crippen LogP contribution in [0.25, 0.3) is 11.1 Å². The average molecular weight is 551 g/mol. The van der Waals surface area contributed by atoms with Gasteiger partial charge < -0.3 is 10.6 Å². The minimum Gasteiger partial charge on any atom is -0.322 e. The largest absolute Gasteiger partial charge is 0.322 e. The number of benzene rings is 4. The topological polar surface area (TPSA) is 144 Å². The molecule has 0 aliphatic carbocycles. The number of anilines is 2. The summed E-state index contributed by atoms with van der Waals surface area (Å²) in [6.45, 7) is 0. The van der Waals surface area contributed by atoms with Gasteiger partial charge in [-0.05, 0) is 59.7 Å². The first-order valence-electron chi connectivity index (χ1n) is 10.8. The zero-order chi connectivity index (χ0) is 27.4. The van der Waals surface area contributed by atoms with E-state index < -0.39 is 21.7 Å². The zero-order valence-corrected chi connectivity index (χ0v) is 20.7. The highest BCUT2D eigenvalue weighted by molar-refractivity contribution is 6.33. The molecule has 4 aromatic carbocycles. The quantitative estimate of drug-likeness (QED) is 0.187. The molecule has 38 heavy (non-hydrogen) atoms. The average Bonchev–Trinajstić information content (AvgIpc) is 2.89. The van der Waals surface area contributed by atoms with E-state index in [1.54, 1.807) is 48.5 Å². The number of rotatable bonds is 7. The van der Waals surface area contributed by atoms with Crippen LogP contribution in [0.15, 0.2) is 84.9 Å². The van der Waals surface area contributed by atoms with Crippen molar-refractivity contribution in [3.8, 4) is 11.1 Å². The second kappa shape index (κ2) is 11.1. The molecule has 0 aliphatic rings. The van der Waals surface area contributed by atoms with Crippen LogP contribution >= 0.6 is 23.2 Å². The molecule has 0 bridgehead atoms. The molecule has 0 saturated carbocycles. The van der Waals surface area contributed by atoms with Crippen molar-refractivity contribution in [1.82, 2.24) is 0 Å². The van der Waals surface area contributed by atoms with Gasteiger partial charge in [0.15, 0.2) is 0 Å². The van der Waals surface area contributed by atoms with Gasteiger partial charge in [0.25, 0.3) is 23.2 Å². The van der Waals surface area contributed by atoms with Crippen LogP contribution in [0.4, 0.5) is 22.7 Å². The Kier molecular flexibility index (Phi) is 7.66. The van der Waals surface area contributed by atoms with Crippen LogP contribution in [0.1, 0.15) is 20.7 Å². The Labute approximate surface area is 225 Å². The Hall–Kier alpha value is -4.80. The molecule has 2 amide bonds. The summed E-state index contributed by atoms with van der Waals surface area (Å²) >= 11 is 11.6. The maximum Gasteiger partial charge on any atom is 0.288 e. The molecule has 0 saturated heterocycles. The summed E-state index contributed by atoms with van der Waals surface area (Å²) in [5.74, 6) is -1.05. The molecule has 0 unspecified atom stereocenters. The van der Waals surface area contributed by atoms with Crippen molar-refractivity contribution in [2.24, 2.45) is 0 Å². The Balaban J connectivity index is 1.42. The first kappa shape index (κ1) is 26.3. The normalized spacial score (nSPS) is 10.5. The van der Waals surface area contributed by atoms with Crippen LogP contribution in [0.2, 0.25) is 10.0 Å². The fourth-order valence-corrected chi connectivity index (χ4v) is 3.86. The second-order valence-corrected chi connectivity index (χ2v) is 8.72. The molecule has 0 spiro atoms. The molecular weight excluding hydrogens is 535 g/mol. The fourth-order valence-electron chi connectivity index (χ4n) is 3.49.